The summed E-state index contributed by atoms with van der Waals surface area (Å²) in [4.78, 5) is 13.9. The van der Waals surface area contributed by atoms with E-state index in [1.807, 2.05) is 30.3 Å². The molecule has 0 saturated carbocycles. The quantitative estimate of drug-likeness (QED) is 0.253. The number of nitrogens with zero attached hydrogens (tertiary/aromatic N) is 3. The molecule has 8 nitrogen and oxygen atoms in total. The highest BCUT2D eigenvalue weighted by molar-refractivity contribution is 7.89. The summed E-state index contributed by atoms with van der Waals surface area (Å²) in [5.41, 5.74) is 2.71. The van der Waals surface area contributed by atoms with E-state index in [1.165, 1.54) is 28.6 Å². The number of amides is 1. The maximum absolute atomic E-state index is 13.8. The number of ether oxygens (including phenoxy) is 1. The minimum absolute atomic E-state index is 0.0999. The normalized spacial score (nSPS) is 19.1. The summed E-state index contributed by atoms with van der Waals surface area (Å²) in [5, 5.41) is 9.58. The molecule has 0 radical (unpaired) electrons. The molecular weight excluding hydrogens is 619 g/mol. The molecule has 0 bridgehead atoms. The van der Waals surface area contributed by atoms with Gasteiger partial charge in [-0.05, 0) is 74.2 Å². The van der Waals surface area contributed by atoms with Crippen molar-refractivity contribution in [2.45, 2.75) is 42.7 Å². The summed E-state index contributed by atoms with van der Waals surface area (Å²) in [7, 11) is -3.90. The van der Waals surface area contributed by atoms with E-state index >= 15 is 0 Å². The van der Waals surface area contributed by atoms with Gasteiger partial charge in [0.05, 0.1) is 28.3 Å². The summed E-state index contributed by atoms with van der Waals surface area (Å²) in [6.45, 7) is 0.679. The zero-order chi connectivity index (χ0) is 29.4. The molecule has 218 valence electrons. The van der Waals surface area contributed by atoms with Crippen molar-refractivity contribution in [2.75, 3.05) is 13.2 Å². The van der Waals surface area contributed by atoms with Crippen LogP contribution in [0, 0.1) is 0 Å². The molecule has 1 unspecified atom stereocenters. The first-order valence-electron chi connectivity index (χ1n) is 13.6. The van der Waals surface area contributed by atoms with Gasteiger partial charge < -0.3 is 10.1 Å². The standard InChI is InChI=1S/C30H27Cl3N4O4S/c31-20-11-9-19(10-12-20)28-29-27(35-37(28)25-7-2-1-5-23(25)33)24(6-4-18-41-29)34-30(38)26-8-3-17-36(26)42(39,40)22-15-13-21(32)14-16-22/h1-2,5,7,9-16,24,26H,3-4,6,8,17-18H2,(H,34,38)/t24?,26-/m1/s1. The molecule has 1 fully saturated rings. The van der Waals surface area contributed by atoms with Crippen LogP contribution in [0.2, 0.25) is 15.1 Å². The molecule has 3 heterocycles. The highest BCUT2D eigenvalue weighted by Gasteiger charge is 2.41. The van der Waals surface area contributed by atoms with E-state index in [-0.39, 0.29) is 17.3 Å². The van der Waals surface area contributed by atoms with Crippen LogP contribution in [0.5, 0.6) is 5.75 Å². The van der Waals surface area contributed by atoms with Gasteiger partial charge in [-0.1, -0.05) is 59.1 Å². The summed E-state index contributed by atoms with van der Waals surface area (Å²) in [6, 6.07) is 19.3. The molecule has 2 aliphatic rings. The van der Waals surface area contributed by atoms with Crippen LogP contribution in [0.3, 0.4) is 0 Å². The molecule has 1 N–H and O–H groups in total. The van der Waals surface area contributed by atoms with Crippen LogP contribution >= 0.6 is 34.8 Å². The molecule has 2 atom stereocenters. The number of carbonyl (C=O) groups is 1. The van der Waals surface area contributed by atoms with Gasteiger partial charge in [-0.15, -0.1) is 0 Å². The first-order valence-corrected chi connectivity index (χ1v) is 16.2. The minimum Gasteiger partial charge on any atom is -0.489 e. The lowest BCUT2D eigenvalue weighted by atomic mass is 10.0. The number of fused-ring (bicyclic) bond motifs is 1. The SMILES string of the molecule is O=C(NC1CCCOc2c1nn(-c1ccccc1Cl)c2-c1ccc(Cl)cc1)[C@H]1CCCN1S(=O)(=O)c1ccc(Cl)cc1. The van der Waals surface area contributed by atoms with E-state index in [2.05, 4.69) is 5.32 Å². The highest BCUT2D eigenvalue weighted by Crippen LogP contribution is 2.42. The number of halogens is 3. The van der Waals surface area contributed by atoms with Crippen molar-refractivity contribution in [1.29, 1.82) is 0 Å². The van der Waals surface area contributed by atoms with E-state index in [9.17, 15) is 13.2 Å². The number of hydrogen-bond acceptors (Lipinski definition) is 5. The molecule has 12 heteroatoms. The molecule has 0 spiro atoms. The zero-order valence-electron chi connectivity index (χ0n) is 22.3. The molecule has 2 aliphatic heterocycles. The molecule has 1 saturated heterocycles. The van der Waals surface area contributed by atoms with Crippen molar-refractivity contribution < 1.29 is 17.9 Å². The molecule has 3 aromatic carbocycles. The minimum atomic E-state index is -3.90. The van der Waals surface area contributed by atoms with Crippen LogP contribution in [0.25, 0.3) is 16.9 Å². The molecule has 42 heavy (non-hydrogen) atoms. The van der Waals surface area contributed by atoms with E-state index < -0.39 is 22.1 Å². The van der Waals surface area contributed by atoms with Crippen molar-refractivity contribution in [3.63, 3.8) is 0 Å². The molecule has 1 aromatic heterocycles. The maximum Gasteiger partial charge on any atom is 0.243 e. The van der Waals surface area contributed by atoms with Crippen LogP contribution in [0.4, 0.5) is 0 Å². The van der Waals surface area contributed by atoms with Gasteiger partial charge in [-0.25, -0.2) is 13.1 Å². The number of sulfonamides is 1. The molecule has 6 rings (SSSR count). The Morgan fingerprint density at radius 1 is 0.905 bits per heavy atom. The Balaban J connectivity index is 1.36. The topological polar surface area (TPSA) is 93.5 Å². The number of aromatic nitrogens is 2. The molecule has 1 amide bonds. The van der Waals surface area contributed by atoms with Crippen molar-refractivity contribution in [3.05, 3.63) is 93.6 Å². The summed E-state index contributed by atoms with van der Waals surface area (Å²) >= 11 is 18.8. The van der Waals surface area contributed by atoms with E-state index in [0.29, 0.717) is 70.2 Å². The van der Waals surface area contributed by atoms with Gasteiger partial charge in [0.25, 0.3) is 0 Å². The van der Waals surface area contributed by atoms with E-state index in [4.69, 9.17) is 44.6 Å². The van der Waals surface area contributed by atoms with Crippen molar-refractivity contribution in [1.82, 2.24) is 19.4 Å². The zero-order valence-corrected chi connectivity index (χ0v) is 25.4. The van der Waals surface area contributed by atoms with Gasteiger partial charge in [0.15, 0.2) is 5.75 Å². The number of rotatable bonds is 6. The number of hydrogen-bond donors (Lipinski definition) is 1. The highest BCUT2D eigenvalue weighted by atomic mass is 35.5. The maximum atomic E-state index is 13.8. The molecule has 0 aliphatic carbocycles. The Kier molecular flexibility index (Phi) is 8.22. The summed E-state index contributed by atoms with van der Waals surface area (Å²) < 4.78 is 36.2. The third kappa shape index (κ3) is 5.52. The smallest absolute Gasteiger partial charge is 0.243 e. The first kappa shape index (κ1) is 29.0. The van der Waals surface area contributed by atoms with Crippen molar-refractivity contribution in [2.24, 2.45) is 0 Å². The second-order valence-electron chi connectivity index (χ2n) is 10.2. The predicted molar refractivity (Wildman–Crippen MR) is 163 cm³/mol. The Hall–Kier alpha value is -3.08. The van der Waals surface area contributed by atoms with Crippen LogP contribution < -0.4 is 10.1 Å². The number of nitrogens with one attached hydrogen (secondary N) is 1. The summed E-state index contributed by atoms with van der Waals surface area (Å²) in [5.74, 6) is 0.167. The van der Waals surface area contributed by atoms with Gasteiger partial charge in [-0.2, -0.15) is 9.40 Å². The fourth-order valence-corrected chi connectivity index (χ4v) is 7.61. The Morgan fingerprint density at radius 3 is 2.31 bits per heavy atom. The van der Waals surface area contributed by atoms with Gasteiger partial charge in [0.1, 0.15) is 17.4 Å². The number of carbonyl (C=O) groups excluding carboxylic acids is 1. The van der Waals surface area contributed by atoms with Crippen molar-refractivity contribution >= 4 is 50.7 Å². The van der Waals surface area contributed by atoms with Crippen LogP contribution in [0.15, 0.2) is 77.7 Å². The second kappa shape index (κ2) is 11.9. The van der Waals surface area contributed by atoms with Crippen LogP contribution in [-0.2, 0) is 14.8 Å². The predicted octanol–water partition coefficient (Wildman–Crippen LogP) is 6.68. The average Bonchev–Trinajstić information content (AvgIpc) is 3.57. The third-order valence-corrected chi connectivity index (χ3v) is 10.3. The Bertz CT molecular complexity index is 1730. The Labute approximate surface area is 259 Å². The average molecular weight is 646 g/mol. The van der Waals surface area contributed by atoms with Crippen molar-refractivity contribution in [3.8, 4) is 22.7 Å². The number of benzene rings is 3. The lowest BCUT2D eigenvalue weighted by molar-refractivity contribution is -0.125. The molecular formula is C30H27Cl3N4O4S. The van der Waals surface area contributed by atoms with Gasteiger partial charge in [-0.3, -0.25) is 4.79 Å². The van der Waals surface area contributed by atoms with E-state index in [1.54, 1.807) is 22.9 Å². The lowest BCUT2D eigenvalue weighted by Gasteiger charge is -2.25. The number of para-hydroxylation sites is 1. The Morgan fingerprint density at radius 2 is 1.60 bits per heavy atom. The largest absolute Gasteiger partial charge is 0.489 e. The van der Waals surface area contributed by atoms with Crippen LogP contribution in [0.1, 0.15) is 37.4 Å². The molecule has 4 aromatic rings. The third-order valence-electron chi connectivity index (χ3n) is 7.52. The second-order valence-corrected chi connectivity index (χ2v) is 13.4. The van der Waals surface area contributed by atoms with E-state index in [0.717, 1.165) is 5.56 Å². The van der Waals surface area contributed by atoms with Gasteiger partial charge in [0.2, 0.25) is 15.9 Å². The summed E-state index contributed by atoms with van der Waals surface area (Å²) in [6.07, 6.45) is 2.23. The lowest BCUT2D eigenvalue weighted by Crippen LogP contribution is -2.46. The fraction of sp³-hybridized carbons (Fsp3) is 0.267. The van der Waals surface area contributed by atoms with Gasteiger partial charge in [0, 0.05) is 22.2 Å². The fourth-order valence-electron chi connectivity index (χ4n) is 5.49. The first-order chi connectivity index (χ1) is 20.2. The monoisotopic (exact) mass is 644 g/mol. The van der Waals surface area contributed by atoms with Gasteiger partial charge >= 0.3 is 0 Å². The van der Waals surface area contributed by atoms with Crippen LogP contribution in [-0.4, -0.2) is 47.6 Å².